The van der Waals surface area contributed by atoms with E-state index in [2.05, 4.69) is 25.3 Å². The highest BCUT2D eigenvalue weighted by atomic mass is 35.5. The molecule has 2 N–H and O–H groups in total. The molecule has 14 heteroatoms. The molecule has 0 saturated carbocycles. The number of nitrogens with one attached hydrogen (secondary N) is 2. The molecule has 4 aromatic heterocycles. The third-order valence-corrected chi connectivity index (χ3v) is 7.56. The lowest BCUT2D eigenvalue weighted by Gasteiger charge is -2.26. The molecule has 13 nitrogen and oxygen atoms in total. The SMILES string of the molecule is Cn1c(Nc2ccnc(CCC(=O)N3CCOCC3)n2)nc2c1c(=O)n(Cc1cc3c(Cl)cccc3[nH]1)c(=O)n2C. The van der Waals surface area contributed by atoms with E-state index in [0.29, 0.717) is 67.5 Å². The fraction of sp³-hybridized carbons (Fsp3) is 0.333. The van der Waals surface area contributed by atoms with Crippen molar-refractivity contribution < 1.29 is 9.53 Å². The third-order valence-electron chi connectivity index (χ3n) is 7.23. The van der Waals surface area contributed by atoms with Gasteiger partial charge < -0.3 is 24.5 Å². The second kappa shape index (κ2) is 10.8. The van der Waals surface area contributed by atoms with Gasteiger partial charge in [0.25, 0.3) is 5.56 Å². The maximum atomic E-state index is 13.6. The van der Waals surface area contributed by atoms with Crippen molar-refractivity contribution in [3.8, 4) is 0 Å². The van der Waals surface area contributed by atoms with Crippen molar-refractivity contribution in [2.45, 2.75) is 19.4 Å². The summed E-state index contributed by atoms with van der Waals surface area (Å²) in [6.07, 6.45) is 2.27. The van der Waals surface area contributed by atoms with E-state index >= 15 is 0 Å². The average Bonchev–Trinajstić information content (AvgIpc) is 3.55. The number of ether oxygens (including phenoxy) is 1. The summed E-state index contributed by atoms with van der Waals surface area (Å²) < 4.78 is 9.42. The van der Waals surface area contributed by atoms with Crippen molar-refractivity contribution in [1.82, 2.24) is 38.5 Å². The number of hydrogen-bond acceptors (Lipinski definition) is 8. The molecule has 1 fully saturated rings. The Bertz CT molecular complexity index is 1900. The lowest BCUT2D eigenvalue weighted by Crippen LogP contribution is -2.40. The lowest BCUT2D eigenvalue weighted by molar-refractivity contribution is -0.135. The van der Waals surface area contributed by atoms with Gasteiger partial charge >= 0.3 is 5.69 Å². The normalized spacial score (nSPS) is 13.8. The molecule has 0 unspecified atom stereocenters. The molecule has 0 atom stereocenters. The van der Waals surface area contributed by atoms with Crippen LogP contribution in [0.25, 0.3) is 22.1 Å². The summed E-state index contributed by atoms with van der Waals surface area (Å²) in [4.78, 5) is 57.6. The number of aromatic nitrogens is 7. The zero-order valence-corrected chi connectivity index (χ0v) is 23.3. The molecule has 5 aromatic rings. The van der Waals surface area contributed by atoms with Gasteiger partial charge in [0.1, 0.15) is 11.6 Å². The Hall–Kier alpha value is -4.49. The summed E-state index contributed by atoms with van der Waals surface area (Å²) in [5.74, 6) is 1.32. The number of fused-ring (bicyclic) bond motifs is 2. The highest BCUT2D eigenvalue weighted by Crippen LogP contribution is 2.24. The van der Waals surface area contributed by atoms with E-state index in [4.69, 9.17) is 16.3 Å². The van der Waals surface area contributed by atoms with Gasteiger partial charge in [-0.1, -0.05) is 17.7 Å². The molecule has 6 rings (SSSR count). The number of carbonyl (C=O) groups is 1. The van der Waals surface area contributed by atoms with Crippen molar-refractivity contribution in [3.05, 3.63) is 73.9 Å². The number of morpholine rings is 1. The zero-order chi connectivity index (χ0) is 28.7. The van der Waals surface area contributed by atoms with E-state index in [1.807, 2.05) is 18.2 Å². The number of carbonyl (C=O) groups excluding carboxylic acids is 1. The van der Waals surface area contributed by atoms with Crippen LogP contribution in [0.1, 0.15) is 17.9 Å². The van der Waals surface area contributed by atoms with E-state index in [1.54, 1.807) is 41.9 Å². The first-order chi connectivity index (χ1) is 19.8. The maximum Gasteiger partial charge on any atom is 0.332 e. The Balaban J connectivity index is 1.26. The number of nitrogens with zero attached hydrogens (tertiary/aromatic N) is 7. The first-order valence-corrected chi connectivity index (χ1v) is 13.5. The molecule has 1 aliphatic heterocycles. The number of aryl methyl sites for hydroxylation is 3. The van der Waals surface area contributed by atoms with Gasteiger partial charge in [0.2, 0.25) is 11.9 Å². The fourth-order valence-corrected chi connectivity index (χ4v) is 5.25. The van der Waals surface area contributed by atoms with Crippen molar-refractivity contribution in [3.63, 3.8) is 0 Å². The van der Waals surface area contributed by atoms with Gasteiger partial charge in [-0.15, -0.1) is 0 Å². The molecule has 0 aliphatic carbocycles. The summed E-state index contributed by atoms with van der Waals surface area (Å²) in [6, 6.07) is 9.01. The molecule has 1 amide bonds. The number of hydrogen-bond donors (Lipinski definition) is 2. The van der Waals surface area contributed by atoms with Gasteiger partial charge in [0.05, 0.1) is 19.8 Å². The number of aromatic amines is 1. The molecule has 212 valence electrons. The minimum Gasteiger partial charge on any atom is -0.378 e. The maximum absolute atomic E-state index is 13.6. The minimum absolute atomic E-state index is 0.0401. The van der Waals surface area contributed by atoms with E-state index in [9.17, 15) is 14.4 Å². The number of H-pyrrole nitrogens is 1. The smallest absolute Gasteiger partial charge is 0.332 e. The summed E-state index contributed by atoms with van der Waals surface area (Å²) in [5, 5.41) is 4.52. The second-order valence-electron chi connectivity index (χ2n) is 9.87. The molecule has 0 spiro atoms. The number of rotatable bonds is 7. The topological polar surface area (TPSA) is 145 Å². The highest BCUT2D eigenvalue weighted by molar-refractivity contribution is 6.35. The zero-order valence-electron chi connectivity index (χ0n) is 22.6. The average molecular weight is 578 g/mol. The van der Waals surface area contributed by atoms with Crippen molar-refractivity contribution >= 4 is 51.3 Å². The first-order valence-electron chi connectivity index (χ1n) is 13.2. The van der Waals surface area contributed by atoms with E-state index in [1.165, 1.54) is 9.13 Å². The molecule has 0 radical (unpaired) electrons. The Morgan fingerprint density at radius 1 is 1.12 bits per heavy atom. The van der Waals surface area contributed by atoms with Crippen molar-refractivity contribution in [2.24, 2.45) is 14.1 Å². The molecule has 0 bridgehead atoms. The van der Waals surface area contributed by atoms with Crippen LogP contribution in [0.2, 0.25) is 5.02 Å². The largest absolute Gasteiger partial charge is 0.378 e. The van der Waals surface area contributed by atoms with Crippen LogP contribution < -0.4 is 16.6 Å². The van der Waals surface area contributed by atoms with E-state index in [-0.39, 0.29) is 23.6 Å². The van der Waals surface area contributed by atoms with E-state index in [0.717, 1.165) is 10.9 Å². The predicted octanol–water partition coefficient (Wildman–Crippen LogP) is 1.94. The molecule has 1 aliphatic rings. The highest BCUT2D eigenvalue weighted by Gasteiger charge is 2.20. The summed E-state index contributed by atoms with van der Waals surface area (Å²) in [5.41, 5.74) is 1.03. The summed E-state index contributed by atoms with van der Waals surface area (Å²) in [7, 11) is 3.27. The monoisotopic (exact) mass is 577 g/mol. The van der Waals surface area contributed by atoms with E-state index < -0.39 is 11.2 Å². The van der Waals surface area contributed by atoms with Crippen LogP contribution in [0, 0.1) is 0 Å². The number of amides is 1. The number of benzene rings is 1. The summed E-state index contributed by atoms with van der Waals surface area (Å²) >= 11 is 6.30. The van der Waals surface area contributed by atoms with Crippen LogP contribution in [0.4, 0.5) is 11.8 Å². The molecule has 5 heterocycles. The molecular formula is C27H28ClN9O4. The molecule has 1 aromatic carbocycles. The second-order valence-corrected chi connectivity index (χ2v) is 10.3. The van der Waals surface area contributed by atoms with Gasteiger partial charge in [-0.2, -0.15) is 4.98 Å². The van der Waals surface area contributed by atoms with Crippen LogP contribution >= 0.6 is 11.6 Å². The van der Waals surface area contributed by atoms with Gasteiger partial charge in [-0.3, -0.25) is 18.7 Å². The lowest BCUT2D eigenvalue weighted by atomic mass is 10.2. The fourth-order valence-electron chi connectivity index (χ4n) is 5.02. The Morgan fingerprint density at radius 3 is 2.71 bits per heavy atom. The Morgan fingerprint density at radius 2 is 1.93 bits per heavy atom. The van der Waals surface area contributed by atoms with Gasteiger partial charge in [0.15, 0.2) is 11.2 Å². The Kier molecular flexibility index (Phi) is 7.05. The van der Waals surface area contributed by atoms with Crippen LogP contribution in [0.3, 0.4) is 0 Å². The molecule has 1 saturated heterocycles. The number of imidazole rings is 1. The number of halogens is 1. The molecular weight excluding hydrogens is 550 g/mol. The minimum atomic E-state index is -0.494. The first kappa shape index (κ1) is 26.7. The quantitative estimate of drug-likeness (QED) is 0.298. The standard InChI is InChI=1S/C27H28ClN9O4/c1-34-23-24(35(2)27(40)37(25(23)39)15-16-14-17-18(28)4-3-5-19(17)30-16)33-26(34)32-21-8-9-29-20(31-21)6-7-22(38)36-10-12-41-13-11-36/h3-5,8-9,14,30H,6-7,10-13,15H2,1-2H3,(H,29,31,32,33). The third kappa shape index (κ3) is 5.09. The Labute approximate surface area is 238 Å². The van der Waals surface area contributed by atoms with Crippen molar-refractivity contribution in [1.29, 1.82) is 0 Å². The van der Waals surface area contributed by atoms with Gasteiger partial charge in [-0.05, 0) is 24.3 Å². The predicted molar refractivity (Wildman–Crippen MR) is 154 cm³/mol. The van der Waals surface area contributed by atoms with Gasteiger partial charge in [0, 0.05) is 67.8 Å². The number of anilines is 2. The van der Waals surface area contributed by atoms with Crippen LogP contribution in [0.15, 0.2) is 46.1 Å². The van der Waals surface area contributed by atoms with Crippen LogP contribution in [-0.2, 0) is 36.6 Å². The van der Waals surface area contributed by atoms with Crippen molar-refractivity contribution in [2.75, 3.05) is 31.6 Å². The van der Waals surface area contributed by atoms with Crippen LogP contribution in [0.5, 0.6) is 0 Å². The van der Waals surface area contributed by atoms with Crippen LogP contribution in [-0.4, -0.2) is 70.7 Å². The molecule has 41 heavy (non-hydrogen) atoms. The summed E-state index contributed by atoms with van der Waals surface area (Å²) in [6.45, 7) is 2.32. The van der Waals surface area contributed by atoms with Gasteiger partial charge in [-0.25, -0.2) is 14.8 Å².